The van der Waals surface area contributed by atoms with E-state index in [0.717, 1.165) is 0 Å². The van der Waals surface area contributed by atoms with Crippen molar-refractivity contribution < 1.29 is 4.79 Å². The summed E-state index contributed by atoms with van der Waals surface area (Å²) in [6.45, 7) is 3.46. The fourth-order valence-corrected chi connectivity index (χ4v) is 1.61. The van der Waals surface area contributed by atoms with Gasteiger partial charge in [0.15, 0.2) is 5.43 Å². The van der Waals surface area contributed by atoms with Crippen LogP contribution >= 0.6 is 23.2 Å². The van der Waals surface area contributed by atoms with Gasteiger partial charge in [-0.2, -0.15) is 0 Å². The van der Waals surface area contributed by atoms with E-state index >= 15 is 0 Å². The summed E-state index contributed by atoms with van der Waals surface area (Å²) in [4.78, 5) is 26.3. The number of aromatic nitrogens is 1. The number of carbonyl (C=O) groups excluding carboxylic acids is 1. The first-order chi connectivity index (χ1) is 7.91. The van der Waals surface area contributed by atoms with Crippen molar-refractivity contribution in [1.82, 2.24) is 10.3 Å². The van der Waals surface area contributed by atoms with E-state index in [2.05, 4.69) is 10.3 Å². The van der Waals surface area contributed by atoms with Crippen LogP contribution in [0.25, 0.3) is 0 Å². The molecule has 0 aliphatic rings. The molecule has 2 N–H and O–H groups in total. The number of hydrogen-bond acceptors (Lipinski definition) is 2. The van der Waals surface area contributed by atoms with Gasteiger partial charge < -0.3 is 10.3 Å². The zero-order chi connectivity index (χ0) is 13.1. The number of nitrogens with one attached hydrogen (secondary N) is 2. The molecular formula is C11H14Cl2N2O2. The molecule has 0 saturated carbocycles. The van der Waals surface area contributed by atoms with Gasteiger partial charge in [-0.15, -0.1) is 23.2 Å². The second kappa shape index (κ2) is 5.56. The summed E-state index contributed by atoms with van der Waals surface area (Å²) in [6, 6.07) is 1.37. The monoisotopic (exact) mass is 276 g/mol. The first-order valence-corrected chi connectivity index (χ1v) is 6.12. The van der Waals surface area contributed by atoms with Crippen LogP contribution in [0.15, 0.2) is 17.1 Å². The number of alkyl halides is 2. The van der Waals surface area contributed by atoms with E-state index in [1.54, 1.807) is 13.8 Å². The molecule has 6 heteroatoms. The molecule has 0 unspecified atom stereocenters. The topological polar surface area (TPSA) is 62.0 Å². The number of pyridine rings is 1. The third kappa shape index (κ3) is 3.48. The standard InChI is InChI=1S/C11H14Cl2N2O2/c1-7-3-9(16)8(4-14-7)10(17)15-11(2,5-12)6-13/h3-4H,5-6H2,1-2H3,(H,14,16)(H,15,17). The van der Waals surface area contributed by atoms with Crippen LogP contribution in [0.3, 0.4) is 0 Å². The fourth-order valence-electron chi connectivity index (χ4n) is 1.19. The molecule has 0 aliphatic carbocycles. The SMILES string of the molecule is Cc1cc(=O)c(C(=O)NC(C)(CCl)CCl)c[nH]1. The fraction of sp³-hybridized carbons (Fsp3) is 0.455. The molecule has 1 aromatic heterocycles. The van der Waals surface area contributed by atoms with Crippen LogP contribution in [-0.4, -0.2) is 28.2 Å². The number of carbonyl (C=O) groups is 1. The van der Waals surface area contributed by atoms with E-state index in [9.17, 15) is 9.59 Å². The Morgan fingerprint density at radius 3 is 2.53 bits per heavy atom. The van der Waals surface area contributed by atoms with Crippen molar-refractivity contribution >= 4 is 29.1 Å². The number of aryl methyl sites for hydroxylation is 1. The Labute approximate surface area is 109 Å². The molecule has 0 aliphatic heterocycles. The lowest BCUT2D eigenvalue weighted by molar-refractivity contribution is 0.0920. The van der Waals surface area contributed by atoms with Crippen molar-refractivity contribution in [1.29, 1.82) is 0 Å². The predicted octanol–water partition coefficient (Wildman–Crippen LogP) is 1.65. The molecule has 1 heterocycles. The lowest BCUT2D eigenvalue weighted by atomic mass is 10.1. The number of rotatable bonds is 4. The number of H-pyrrole nitrogens is 1. The minimum Gasteiger partial charge on any atom is -0.364 e. The maximum atomic E-state index is 11.9. The molecule has 0 bridgehead atoms. The zero-order valence-corrected chi connectivity index (χ0v) is 11.2. The van der Waals surface area contributed by atoms with Gasteiger partial charge in [0, 0.05) is 29.7 Å². The van der Waals surface area contributed by atoms with Gasteiger partial charge in [-0.05, 0) is 13.8 Å². The van der Waals surface area contributed by atoms with Crippen LogP contribution in [0.4, 0.5) is 0 Å². The Balaban J connectivity index is 2.94. The molecule has 4 nitrogen and oxygen atoms in total. The van der Waals surface area contributed by atoms with Gasteiger partial charge in [0.2, 0.25) is 0 Å². The quantitative estimate of drug-likeness (QED) is 0.822. The first kappa shape index (κ1) is 14.1. The summed E-state index contributed by atoms with van der Waals surface area (Å²) in [7, 11) is 0. The molecule has 0 aromatic carbocycles. The van der Waals surface area contributed by atoms with Crippen molar-refractivity contribution in [3.63, 3.8) is 0 Å². The molecule has 0 saturated heterocycles. The third-order valence-electron chi connectivity index (χ3n) is 2.31. The van der Waals surface area contributed by atoms with Crippen LogP contribution in [0.5, 0.6) is 0 Å². The molecule has 1 aromatic rings. The Kier molecular flexibility index (Phi) is 4.60. The van der Waals surface area contributed by atoms with E-state index in [4.69, 9.17) is 23.2 Å². The van der Waals surface area contributed by atoms with E-state index in [1.807, 2.05) is 0 Å². The number of hydrogen-bond donors (Lipinski definition) is 2. The summed E-state index contributed by atoms with van der Waals surface area (Å²) < 4.78 is 0. The Hall–Kier alpha value is -1.00. The second-order valence-electron chi connectivity index (χ2n) is 4.18. The Morgan fingerprint density at radius 2 is 2.06 bits per heavy atom. The van der Waals surface area contributed by atoms with Crippen molar-refractivity contribution in [2.24, 2.45) is 0 Å². The van der Waals surface area contributed by atoms with Gasteiger partial charge in [0.1, 0.15) is 5.56 Å². The minimum atomic E-state index is -0.725. The van der Waals surface area contributed by atoms with Gasteiger partial charge >= 0.3 is 0 Å². The number of amides is 1. The van der Waals surface area contributed by atoms with E-state index < -0.39 is 11.4 Å². The van der Waals surface area contributed by atoms with E-state index in [0.29, 0.717) is 5.69 Å². The summed E-state index contributed by atoms with van der Waals surface area (Å²) in [5.41, 5.74) is -0.302. The average Bonchev–Trinajstić information content (AvgIpc) is 2.28. The minimum absolute atomic E-state index is 0.0528. The van der Waals surface area contributed by atoms with Gasteiger partial charge in [-0.25, -0.2) is 0 Å². The smallest absolute Gasteiger partial charge is 0.257 e. The Morgan fingerprint density at radius 1 is 1.47 bits per heavy atom. The largest absolute Gasteiger partial charge is 0.364 e. The molecule has 94 valence electrons. The van der Waals surface area contributed by atoms with Gasteiger partial charge in [-0.3, -0.25) is 9.59 Å². The molecular weight excluding hydrogens is 263 g/mol. The third-order valence-corrected chi connectivity index (χ3v) is 3.49. The van der Waals surface area contributed by atoms with Crippen molar-refractivity contribution in [3.05, 3.63) is 33.7 Å². The highest BCUT2D eigenvalue weighted by atomic mass is 35.5. The summed E-state index contributed by atoms with van der Waals surface area (Å²) in [5.74, 6) is -0.132. The van der Waals surface area contributed by atoms with Crippen LogP contribution in [0.1, 0.15) is 23.0 Å². The highest BCUT2D eigenvalue weighted by Crippen LogP contribution is 2.09. The van der Waals surface area contributed by atoms with Gasteiger partial charge in [-0.1, -0.05) is 0 Å². The lowest BCUT2D eigenvalue weighted by Crippen LogP contribution is -2.50. The Bertz CT molecular complexity index is 467. The summed E-state index contributed by atoms with van der Waals surface area (Å²) >= 11 is 11.4. The van der Waals surface area contributed by atoms with Crippen molar-refractivity contribution in [3.8, 4) is 0 Å². The lowest BCUT2D eigenvalue weighted by Gasteiger charge is -2.25. The van der Waals surface area contributed by atoms with Crippen LogP contribution in [0.2, 0.25) is 0 Å². The first-order valence-electron chi connectivity index (χ1n) is 5.05. The maximum Gasteiger partial charge on any atom is 0.257 e. The highest BCUT2D eigenvalue weighted by molar-refractivity contribution is 6.22. The number of aromatic amines is 1. The van der Waals surface area contributed by atoms with Gasteiger partial charge in [0.25, 0.3) is 5.91 Å². The van der Waals surface area contributed by atoms with Crippen molar-refractivity contribution in [2.45, 2.75) is 19.4 Å². The van der Waals surface area contributed by atoms with Crippen LogP contribution in [-0.2, 0) is 0 Å². The average molecular weight is 277 g/mol. The molecule has 0 fully saturated rings. The van der Waals surface area contributed by atoms with Crippen LogP contribution in [0, 0.1) is 6.92 Å². The molecule has 0 radical (unpaired) electrons. The molecule has 17 heavy (non-hydrogen) atoms. The summed E-state index contributed by atoms with van der Waals surface area (Å²) in [6.07, 6.45) is 1.38. The summed E-state index contributed by atoms with van der Waals surface area (Å²) in [5, 5.41) is 2.65. The number of halogens is 2. The highest BCUT2D eigenvalue weighted by Gasteiger charge is 2.25. The van der Waals surface area contributed by atoms with E-state index in [-0.39, 0.29) is 22.8 Å². The van der Waals surface area contributed by atoms with Crippen LogP contribution < -0.4 is 10.7 Å². The predicted molar refractivity (Wildman–Crippen MR) is 69.1 cm³/mol. The maximum absolute atomic E-state index is 11.9. The molecule has 0 spiro atoms. The molecule has 1 rings (SSSR count). The van der Waals surface area contributed by atoms with Gasteiger partial charge in [0.05, 0.1) is 5.54 Å². The van der Waals surface area contributed by atoms with Crippen molar-refractivity contribution in [2.75, 3.05) is 11.8 Å². The molecule has 0 atom stereocenters. The second-order valence-corrected chi connectivity index (χ2v) is 4.71. The normalized spacial score (nSPS) is 11.3. The zero-order valence-electron chi connectivity index (χ0n) is 9.64. The van der Waals surface area contributed by atoms with E-state index in [1.165, 1.54) is 12.3 Å². The molecule has 1 amide bonds.